The molecule has 4 aromatic rings. The van der Waals surface area contributed by atoms with E-state index in [4.69, 9.17) is 9.72 Å². The van der Waals surface area contributed by atoms with Crippen molar-refractivity contribution in [1.82, 2.24) is 25.5 Å². The third-order valence-corrected chi connectivity index (χ3v) is 5.64. The topological polar surface area (TPSA) is 91.1 Å². The smallest absolute Gasteiger partial charge is 0.357 e. The zero-order valence-corrected chi connectivity index (χ0v) is 18.9. The Morgan fingerprint density at radius 2 is 2.09 bits per heavy atom. The molecule has 3 heterocycles. The fourth-order valence-electron chi connectivity index (χ4n) is 4.09. The summed E-state index contributed by atoms with van der Waals surface area (Å²) in [4.78, 5) is 20.1. The first-order valence-electron chi connectivity index (χ1n) is 11.1. The number of aromatic nitrogens is 4. The van der Waals surface area contributed by atoms with E-state index in [1.807, 2.05) is 41.2 Å². The molecule has 1 aliphatic heterocycles. The lowest BCUT2D eigenvalue weighted by atomic mass is 10.2. The predicted octanol–water partition coefficient (Wildman–Crippen LogP) is 2.76. The second-order valence-corrected chi connectivity index (χ2v) is 7.76. The standard InChI is InChI=1S/C24H24FN7O2/c1-3-31-21-9-8-18(32-14-20(28-29-32)24(33)34-4-2)13-19(21)27-22(31)15-30-11-10-26-23(30)16-6-5-7-17(25)12-16/h5-14,28-29H,3-4,15H2,1-2H3/p+1. The number of hydrazine groups is 2. The molecule has 0 fully saturated rings. The van der Waals surface area contributed by atoms with Crippen LogP contribution in [0.5, 0.6) is 0 Å². The number of nitrogens with zero attached hydrogens (tertiary/aromatic N) is 4. The highest BCUT2D eigenvalue weighted by atomic mass is 19.1. The van der Waals surface area contributed by atoms with Gasteiger partial charge in [0.15, 0.2) is 11.5 Å². The van der Waals surface area contributed by atoms with Crippen molar-refractivity contribution < 1.29 is 18.5 Å². The van der Waals surface area contributed by atoms with Crippen molar-refractivity contribution in [2.24, 2.45) is 0 Å². The van der Waals surface area contributed by atoms with Crippen LogP contribution in [-0.4, -0.2) is 27.1 Å². The second-order valence-electron chi connectivity index (χ2n) is 7.76. The molecule has 0 saturated carbocycles. The quantitative estimate of drug-likeness (QED) is 0.289. The van der Waals surface area contributed by atoms with Gasteiger partial charge in [-0.25, -0.2) is 23.7 Å². The van der Waals surface area contributed by atoms with Gasteiger partial charge in [0, 0.05) is 6.54 Å². The molecule has 3 N–H and O–H groups in total. The number of aromatic amines is 1. The number of rotatable bonds is 7. The number of carbonyl (C=O) groups excluding carboxylic acids is 1. The number of fused-ring (bicyclic) bond motifs is 1. The minimum atomic E-state index is -0.422. The Hall–Kier alpha value is -4.18. The fraction of sp³-hybridized carbons (Fsp3) is 0.208. The number of benzene rings is 2. The van der Waals surface area contributed by atoms with E-state index >= 15 is 0 Å². The summed E-state index contributed by atoms with van der Waals surface area (Å²) in [6, 6.07) is 12.4. The molecule has 0 radical (unpaired) electrons. The molecule has 0 saturated heterocycles. The Bertz CT molecular complexity index is 1390. The van der Waals surface area contributed by atoms with Gasteiger partial charge in [-0.3, -0.25) is 10.4 Å². The molecular weight excluding hydrogens is 437 g/mol. The van der Waals surface area contributed by atoms with Gasteiger partial charge in [-0.05, 0) is 50.2 Å². The number of ether oxygens (including phenoxy) is 1. The zero-order valence-electron chi connectivity index (χ0n) is 18.9. The molecule has 0 bridgehead atoms. The Morgan fingerprint density at radius 3 is 2.88 bits per heavy atom. The summed E-state index contributed by atoms with van der Waals surface area (Å²) < 4.78 is 23.0. The first-order valence-corrected chi connectivity index (χ1v) is 11.1. The highest BCUT2D eigenvalue weighted by molar-refractivity contribution is 5.89. The van der Waals surface area contributed by atoms with Crippen molar-refractivity contribution in [3.63, 3.8) is 0 Å². The minimum absolute atomic E-state index is 0.280. The molecule has 10 heteroatoms. The third kappa shape index (κ3) is 3.99. The van der Waals surface area contributed by atoms with Gasteiger partial charge < -0.3 is 9.30 Å². The SMILES string of the molecule is CCOC(=O)C1=CN(c2ccc3c(c2)nc(C[n+]2cc[nH]c2-c2cccc(F)c2)n3CC)NN1. The highest BCUT2D eigenvalue weighted by Crippen LogP contribution is 2.24. The van der Waals surface area contributed by atoms with Crippen molar-refractivity contribution in [2.45, 2.75) is 26.9 Å². The molecule has 0 spiro atoms. The molecule has 9 nitrogen and oxygen atoms in total. The van der Waals surface area contributed by atoms with Crippen LogP contribution in [-0.2, 0) is 22.6 Å². The molecule has 2 aromatic heterocycles. The van der Waals surface area contributed by atoms with E-state index in [9.17, 15) is 9.18 Å². The first-order chi connectivity index (χ1) is 16.6. The molecular formula is C24H25FN7O2+. The van der Waals surface area contributed by atoms with Crippen LogP contribution in [0, 0.1) is 5.82 Å². The number of hydrogen-bond donors (Lipinski definition) is 3. The van der Waals surface area contributed by atoms with Gasteiger partial charge in [0.05, 0.1) is 35.1 Å². The maximum atomic E-state index is 13.8. The van der Waals surface area contributed by atoms with E-state index in [-0.39, 0.29) is 5.82 Å². The molecule has 0 atom stereocenters. The van der Waals surface area contributed by atoms with E-state index in [0.29, 0.717) is 18.8 Å². The van der Waals surface area contributed by atoms with E-state index in [1.54, 1.807) is 24.2 Å². The summed E-state index contributed by atoms with van der Waals surface area (Å²) in [5.74, 6) is 0.983. The zero-order chi connectivity index (χ0) is 23.7. The molecule has 1 aliphatic rings. The fourth-order valence-corrected chi connectivity index (χ4v) is 4.09. The van der Waals surface area contributed by atoms with Crippen molar-refractivity contribution >= 4 is 22.7 Å². The Balaban J connectivity index is 1.45. The lowest BCUT2D eigenvalue weighted by molar-refractivity contribution is -0.677. The van der Waals surface area contributed by atoms with Crippen molar-refractivity contribution in [2.75, 3.05) is 11.6 Å². The van der Waals surface area contributed by atoms with Crippen molar-refractivity contribution in [1.29, 1.82) is 0 Å². The second kappa shape index (κ2) is 8.99. The number of imidazole rings is 2. The van der Waals surface area contributed by atoms with Crippen LogP contribution >= 0.6 is 0 Å². The largest absolute Gasteiger partial charge is 0.461 e. The number of carbonyl (C=O) groups is 1. The predicted molar refractivity (Wildman–Crippen MR) is 124 cm³/mol. The lowest BCUT2D eigenvalue weighted by Crippen LogP contribution is -2.37. The average Bonchev–Trinajstić information content (AvgIpc) is 3.57. The lowest BCUT2D eigenvalue weighted by Gasteiger charge is -2.15. The summed E-state index contributed by atoms with van der Waals surface area (Å²) >= 11 is 0. The molecule has 0 amide bonds. The van der Waals surface area contributed by atoms with Crippen LogP contribution in [0.4, 0.5) is 10.1 Å². The molecule has 0 unspecified atom stereocenters. The van der Waals surface area contributed by atoms with E-state index < -0.39 is 5.97 Å². The van der Waals surface area contributed by atoms with Crippen molar-refractivity contribution in [3.05, 3.63) is 78.4 Å². The van der Waals surface area contributed by atoms with Gasteiger partial charge in [-0.15, -0.1) is 5.53 Å². The first kappa shape index (κ1) is 21.7. The molecule has 2 aromatic carbocycles. The normalized spacial score (nSPS) is 13.3. The maximum absolute atomic E-state index is 13.8. The number of nitrogens with one attached hydrogen (secondary N) is 3. The van der Waals surface area contributed by atoms with E-state index in [0.717, 1.165) is 40.5 Å². The van der Waals surface area contributed by atoms with Gasteiger partial charge in [-0.1, -0.05) is 6.07 Å². The van der Waals surface area contributed by atoms with Crippen LogP contribution in [0.25, 0.3) is 22.4 Å². The van der Waals surface area contributed by atoms with Gasteiger partial charge in [0.2, 0.25) is 0 Å². The molecule has 34 heavy (non-hydrogen) atoms. The van der Waals surface area contributed by atoms with Crippen LogP contribution in [0.3, 0.4) is 0 Å². The summed E-state index contributed by atoms with van der Waals surface area (Å²) in [6.07, 6.45) is 5.40. The molecule has 5 rings (SSSR count). The number of esters is 1. The Morgan fingerprint density at radius 1 is 1.21 bits per heavy atom. The van der Waals surface area contributed by atoms with Crippen LogP contribution in [0.15, 0.2) is 66.8 Å². The Kier molecular flexibility index (Phi) is 5.72. The van der Waals surface area contributed by atoms with Crippen LogP contribution < -0.4 is 20.5 Å². The van der Waals surface area contributed by atoms with Gasteiger partial charge >= 0.3 is 5.97 Å². The number of anilines is 1. The number of aryl methyl sites for hydroxylation is 1. The molecule has 0 aliphatic carbocycles. The number of hydrogen-bond acceptors (Lipinski definition) is 6. The van der Waals surface area contributed by atoms with Gasteiger partial charge in [0.25, 0.3) is 5.82 Å². The third-order valence-electron chi connectivity index (χ3n) is 5.64. The summed E-state index contributed by atoms with van der Waals surface area (Å²) in [5, 5.41) is 1.71. The number of H-pyrrole nitrogens is 1. The molecule has 174 valence electrons. The Labute approximate surface area is 195 Å². The monoisotopic (exact) mass is 462 g/mol. The average molecular weight is 463 g/mol. The summed E-state index contributed by atoms with van der Waals surface area (Å²) in [7, 11) is 0. The van der Waals surface area contributed by atoms with Gasteiger partial charge in [0.1, 0.15) is 24.8 Å². The number of halogens is 1. The summed E-state index contributed by atoms with van der Waals surface area (Å²) in [5.41, 5.74) is 9.52. The highest BCUT2D eigenvalue weighted by Gasteiger charge is 2.22. The minimum Gasteiger partial charge on any atom is -0.461 e. The van der Waals surface area contributed by atoms with E-state index in [1.165, 1.54) is 12.1 Å². The summed E-state index contributed by atoms with van der Waals surface area (Å²) in [6.45, 7) is 5.42. The van der Waals surface area contributed by atoms with E-state index in [2.05, 4.69) is 27.4 Å². The van der Waals surface area contributed by atoms with Crippen molar-refractivity contribution in [3.8, 4) is 11.4 Å². The maximum Gasteiger partial charge on any atom is 0.357 e. The van der Waals surface area contributed by atoms with Crippen LogP contribution in [0.2, 0.25) is 0 Å². The van der Waals surface area contributed by atoms with Crippen LogP contribution in [0.1, 0.15) is 19.7 Å². The van der Waals surface area contributed by atoms with Gasteiger partial charge in [-0.2, -0.15) is 0 Å².